The predicted molar refractivity (Wildman–Crippen MR) is 90.7 cm³/mol. The molecule has 4 nitrogen and oxygen atoms in total. The zero-order chi connectivity index (χ0) is 15.9. The van der Waals surface area contributed by atoms with Crippen molar-refractivity contribution in [3.63, 3.8) is 0 Å². The van der Waals surface area contributed by atoms with E-state index >= 15 is 0 Å². The average molecular weight is 330 g/mol. The molecule has 0 saturated carbocycles. The highest BCUT2D eigenvalue weighted by atomic mass is 35.5. The van der Waals surface area contributed by atoms with E-state index in [4.69, 9.17) is 16.9 Å². The number of benzene rings is 2. The molecule has 0 aliphatic carbocycles. The summed E-state index contributed by atoms with van der Waals surface area (Å²) in [6.07, 6.45) is 3.61. The number of ketones is 1. The molecular weight excluding hydrogens is 318 g/mol. The molecule has 2 aromatic rings. The van der Waals surface area contributed by atoms with Crippen LogP contribution in [0.25, 0.3) is 0 Å². The maximum Gasteiger partial charge on any atom is 0.195 e. The van der Waals surface area contributed by atoms with Crippen LogP contribution < -0.4 is 5.32 Å². The minimum Gasteiger partial charge on any atom is -0.289 e. The van der Waals surface area contributed by atoms with Gasteiger partial charge in [-0.1, -0.05) is 53.7 Å². The molecule has 0 saturated heterocycles. The third-order valence-electron chi connectivity index (χ3n) is 2.82. The number of aliphatic imine (C=N–C) groups is 1. The molecule has 110 valence electrons. The van der Waals surface area contributed by atoms with E-state index < -0.39 is 0 Å². The van der Waals surface area contributed by atoms with Gasteiger partial charge in [-0.3, -0.25) is 10.1 Å². The summed E-state index contributed by atoms with van der Waals surface area (Å²) in [4.78, 5) is 16.9. The molecule has 0 amide bonds. The summed E-state index contributed by atoms with van der Waals surface area (Å²) in [6, 6.07) is 13.8. The van der Waals surface area contributed by atoms with Crippen LogP contribution in [-0.4, -0.2) is 17.2 Å². The Hall–Kier alpha value is -2.29. The fraction of sp³-hybridized carbons (Fsp3) is 0.0625. The number of nitriles is 1. The topological polar surface area (TPSA) is 65.2 Å². The number of carbonyl (C=O) groups excluding carboxylic acids is 1. The van der Waals surface area contributed by atoms with Crippen LogP contribution in [0, 0.1) is 11.5 Å². The van der Waals surface area contributed by atoms with Crippen molar-refractivity contribution >= 4 is 40.0 Å². The second kappa shape index (κ2) is 7.64. The van der Waals surface area contributed by atoms with Crippen LogP contribution in [0.4, 0.5) is 5.69 Å². The fourth-order valence-electron chi connectivity index (χ4n) is 1.81. The summed E-state index contributed by atoms with van der Waals surface area (Å²) in [5.41, 5.74) is 1.41. The molecule has 0 aliphatic heterocycles. The van der Waals surface area contributed by atoms with Crippen LogP contribution in [0.2, 0.25) is 5.02 Å². The van der Waals surface area contributed by atoms with Gasteiger partial charge < -0.3 is 0 Å². The van der Waals surface area contributed by atoms with E-state index in [1.54, 1.807) is 48.7 Å². The Kier molecular flexibility index (Phi) is 5.59. The number of rotatable bonds is 3. The molecule has 2 rings (SSSR count). The minimum absolute atomic E-state index is 0.167. The van der Waals surface area contributed by atoms with Crippen LogP contribution in [0.5, 0.6) is 0 Å². The molecule has 0 bridgehead atoms. The Morgan fingerprint density at radius 3 is 2.64 bits per heavy atom. The first kappa shape index (κ1) is 16.1. The number of halogens is 1. The van der Waals surface area contributed by atoms with Gasteiger partial charge in [0.05, 0.1) is 5.69 Å². The summed E-state index contributed by atoms with van der Waals surface area (Å²) in [5, 5.41) is 12.0. The van der Waals surface area contributed by atoms with Crippen LogP contribution >= 0.6 is 23.4 Å². The number of hydrogen-bond acceptors (Lipinski definition) is 4. The Balaban J connectivity index is 2.49. The Morgan fingerprint density at radius 2 is 2.00 bits per heavy atom. The molecule has 0 aromatic heterocycles. The van der Waals surface area contributed by atoms with Crippen LogP contribution in [-0.2, 0) is 0 Å². The van der Waals surface area contributed by atoms with E-state index in [0.29, 0.717) is 27.0 Å². The van der Waals surface area contributed by atoms with Crippen molar-refractivity contribution in [3.8, 4) is 6.19 Å². The zero-order valence-electron chi connectivity index (χ0n) is 11.7. The first-order chi connectivity index (χ1) is 10.7. The molecule has 0 aliphatic rings. The lowest BCUT2D eigenvalue weighted by Crippen LogP contribution is -2.13. The molecule has 2 aromatic carbocycles. The van der Waals surface area contributed by atoms with E-state index in [-0.39, 0.29) is 5.78 Å². The maximum absolute atomic E-state index is 12.6. The minimum atomic E-state index is -0.167. The molecule has 0 spiro atoms. The largest absolute Gasteiger partial charge is 0.289 e. The van der Waals surface area contributed by atoms with Crippen molar-refractivity contribution in [1.82, 2.24) is 5.32 Å². The number of nitrogens with zero attached hydrogens (tertiary/aromatic N) is 2. The molecular formula is C16H12ClN3OS. The molecule has 1 N–H and O–H groups in total. The van der Waals surface area contributed by atoms with Crippen molar-refractivity contribution in [1.29, 1.82) is 5.26 Å². The summed E-state index contributed by atoms with van der Waals surface area (Å²) in [7, 11) is 0. The lowest BCUT2D eigenvalue weighted by Gasteiger charge is -2.07. The van der Waals surface area contributed by atoms with Gasteiger partial charge in [0.25, 0.3) is 0 Å². The number of hydrogen-bond donors (Lipinski definition) is 1. The Bertz CT molecular complexity index is 754. The molecule has 6 heteroatoms. The van der Waals surface area contributed by atoms with Gasteiger partial charge in [0.1, 0.15) is 0 Å². The second-order valence-electron chi connectivity index (χ2n) is 4.21. The quantitative estimate of drug-likeness (QED) is 0.304. The first-order valence-electron chi connectivity index (χ1n) is 6.33. The Labute approximate surface area is 137 Å². The van der Waals surface area contributed by atoms with Crippen molar-refractivity contribution in [2.24, 2.45) is 4.99 Å². The molecule has 22 heavy (non-hydrogen) atoms. The molecule has 0 atom stereocenters. The Morgan fingerprint density at radius 1 is 1.27 bits per heavy atom. The molecule has 0 heterocycles. The van der Waals surface area contributed by atoms with Gasteiger partial charge in [-0.25, -0.2) is 4.99 Å². The van der Waals surface area contributed by atoms with E-state index in [1.165, 1.54) is 11.8 Å². The van der Waals surface area contributed by atoms with Gasteiger partial charge in [0.2, 0.25) is 0 Å². The standard InChI is InChI=1S/C16H12ClN3OS/c1-22-16(19-10-18)20-14-8-7-12(17)9-13(14)15(21)11-5-3-2-4-6-11/h2-9H,1H3,(H,19,20). The summed E-state index contributed by atoms with van der Waals surface area (Å²) >= 11 is 7.29. The van der Waals surface area contributed by atoms with Gasteiger partial charge in [-0.2, -0.15) is 5.26 Å². The van der Waals surface area contributed by atoms with Gasteiger partial charge in [0, 0.05) is 16.1 Å². The van der Waals surface area contributed by atoms with Crippen LogP contribution in [0.1, 0.15) is 15.9 Å². The van der Waals surface area contributed by atoms with E-state index in [0.717, 1.165) is 0 Å². The van der Waals surface area contributed by atoms with Crippen molar-refractivity contribution < 1.29 is 4.79 Å². The predicted octanol–water partition coefficient (Wildman–Crippen LogP) is 3.99. The highest BCUT2D eigenvalue weighted by Gasteiger charge is 2.14. The van der Waals surface area contributed by atoms with E-state index in [2.05, 4.69) is 10.3 Å². The number of amidine groups is 1. The fourth-order valence-corrected chi connectivity index (χ4v) is 2.32. The van der Waals surface area contributed by atoms with Gasteiger partial charge in [-0.15, -0.1) is 0 Å². The highest BCUT2D eigenvalue weighted by molar-refractivity contribution is 8.13. The molecule has 0 fully saturated rings. The van der Waals surface area contributed by atoms with E-state index in [1.807, 2.05) is 12.3 Å². The van der Waals surface area contributed by atoms with Crippen molar-refractivity contribution in [3.05, 3.63) is 64.7 Å². The van der Waals surface area contributed by atoms with Gasteiger partial charge in [0.15, 0.2) is 17.1 Å². The average Bonchev–Trinajstić information content (AvgIpc) is 2.56. The number of carbonyl (C=O) groups is 1. The van der Waals surface area contributed by atoms with Crippen molar-refractivity contribution in [2.75, 3.05) is 6.26 Å². The van der Waals surface area contributed by atoms with Crippen LogP contribution in [0.15, 0.2) is 53.5 Å². The zero-order valence-corrected chi connectivity index (χ0v) is 13.3. The third kappa shape index (κ3) is 3.88. The monoisotopic (exact) mass is 329 g/mol. The van der Waals surface area contributed by atoms with Crippen LogP contribution in [0.3, 0.4) is 0 Å². The smallest absolute Gasteiger partial charge is 0.195 e. The maximum atomic E-state index is 12.6. The first-order valence-corrected chi connectivity index (χ1v) is 7.93. The summed E-state index contributed by atoms with van der Waals surface area (Å²) in [5.74, 6) is -0.167. The number of nitrogens with one attached hydrogen (secondary N) is 1. The summed E-state index contributed by atoms with van der Waals surface area (Å²) < 4.78 is 0. The third-order valence-corrected chi connectivity index (χ3v) is 3.63. The molecule has 0 radical (unpaired) electrons. The molecule has 0 unspecified atom stereocenters. The van der Waals surface area contributed by atoms with E-state index in [9.17, 15) is 4.79 Å². The number of thioether (sulfide) groups is 1. The second-order valence-corrected chi connectivity index (χ2v) is 5.45. The lowest BCUT2D eigenvalue weighted by molar-refractivity contribution is 0.103. The van der Waals surface area contributed by atoms with Crippen molar-refractivity contribution in [2.45, 2.75) is 0 Å². The lowest BCUT2D eigenvalue weighted by atomic mass is 10.0. The normalized spacial score (nSPS) is 10.9. The van der Waals surface area contributed by atoms with Gasteiger partial charge in [-0.05, 0) is 24.5 Å². The van der Waals surface area contributed by atoms with Gasteiger partial charge >= 0.3 is 0 Å². The highest BCUT2D eigenvalue weighted by Crippen LogP contribution is 2.26. The summed E-state index contributed by atoms with van der Waals surface area (Å²) in [6.45, 7) is 0. The SMILES string of the molecule is CSC(=Nc1ccc(Cl)cc1C(=O)c1ccccc1)NC#N.